The first-order valence-electron chi connectivity index (χ1n) is 9.40. The minimum atomic E-state index is -4.91. The van der Waals surface area contributed by atoms with Gasteiger partial charge in [-0.25, -0.2) is 9.78 Å². The van der Waals surface area contributed by atoms with Crippen molar-refractivity contribution in [2.75, 3.05) is 5.32 Å². The number of aromatic amines is 1. The Morgan fingerprint density at radius 3 is 2.79 bits per heavy atom. The molecule has 2 N–H and O–H groups in total. The van der Waals surface area contributed by atoms with Crippen molar-refractivity contribution in [2.24, 2.45) is 7.05 Å². The second kappa shape index (κ2) is 8.91. The van der Waals surface area contributed by atoms with E-state index in [2.05, 4.69) is 25.0 Å². The van der Waals surface area contributed by atoms with Gasteiger partial charge in [0.1, 0.15) is 5.75 Å². The van der Waals surface area contributed by atoms with Gasteiger partial charge in [0.05, 0.1) is 33.7 Å². The Morgan fingerprint density at radius 2 is 2.06 bits per heavy atom. The Hall–Kier alpha value is -3.71. The predicted molar refractivity (Wildman–Crippen MR) is 119 cm³/mol. The molecule has 0 spiro atoms. The summed E-state index contributed by atoms with van der Waals surface area (Å²) in [6.45, 7) is 0. The second-order valence-electron chi connectivity index (χ2n) is 6.93. The minimum Gasteiger partial charge on any atom is -0.404 e. The standard InChI is InChI=1S/C20H13ClF3N5O4S/c1-29-17(31)16-11(27-19(29)32)4-5-25-12(16)7-15(30)28-18-26-13(8-34-18)9-2-3-10(21)14(6-9)33-20(22,23)24/h2-6,8H,7H2,1H3,(H,27,32)(H,26,28,30). The van der Waals surface area contributed by atoms with Gasteiger partial charge in [0.2, 0.25) is 5.91 Å². The van der Waals surface area contributed by atoms with Crippen molar-refractivity contribution in [1.82, 2.24) is 19.5 Å². The number of carbonyl (C=O) groups excluding carboxylic acids is 1. The molecule has 0 unspecified atom stereocenters. The Morgan fingerprint density at radius 1 is 1.29 bits per heavy atom. The van der Waals surface area contributed by atoms with Crippen LogP contribution in [0.5, 0.6) is 5.75 Å². The molecule has 0 fully saturated rings. The molecule has 1 aromatic carbocycles. The number of fused-ring (bicyclic) bond motifs is 1. The summed E-state index contributed by atoms with van der Waals surface area (Å²) in [6.07, 6.45) is -3.83. The highest BCUT2D eigenvalue weighted by Crippen LogP contribution is 2.35. The lowest BCUT2D eigenvalue weighted by Crippen LogP contribution is -2.33. The Labute approximate surface area is 196 Å². The molecule has 0 saturated heterocycles. The molecule has 3 aromatic heterocycles. The van der Waals surface area contributed by atoms with Gasteiger partial charge in [-0.05, 0) is 18.2 Å². The van der Waals surface area contributed by atoms with Gasteiger partial charge in [0, 0.05) is 24.2 Å². The number of thiazole rings is 1. The van der Waals surface area contributed by atoms with Crippen LogP contribution in [0.3, 0.4) is 0 Å². The number of alkyl halides is 3. The first-order valence-corrected chi connectivity index (χ1v) is 10.7. The fourth-order valence-corrected chi connectivity index (χ4v) is 3.98. The predicted octanol–water partition coefficient (Wildman–Crippen LogP) is 3.48. The number of amides is 1. The van der Waals surface area contributed by atoms with Crippen LogP contribution in [-0.4, -0.2) is 31.8 Å². The van der Waals surface area contributed by atoms with Gasteiger partial charge in [-0.1, -0.05) is 17.7 Å². The molecular formula is C20H13ClF3N5O4S. The van der Waals surface area contributed by atoms with E-state index in [1.165, 1.54) is 36.8 Å². The summed E-state index contributed by atoms with van der Waals surface area (Å²) in [4.78, 5) is 47.7. The normalized spacial score (nSPS) is 11.6. The summed E-state index contributed by atoms with van der Waals surface area (Å²) in [5.41, 5.74) is -0.189. The summed E-state index contributed by atoms with van der Waals surface area (Å²) in [5, 5.41) is 4.16. The number of nitrogens with one attached hydrogen (secondary N) is 2. The van der Waals surface area contributed by atoms with E-state index in [0.29, 0.717) is 11.3 Å². The van der Waals surface area contributed by atoms with Crippen LogP contribution in [0.25, 0.3) is 22.2 Å². The van der Waals surface area contributed by atoms with E-state index in [-0.39, 0.29) is 33.2 Å². The molecule has 176 valence electrons. The lowest BCUT2D eigenvalue weighted by atomic mass is 10.1. The van der Waals surface area contributed by atoms with E-state index >= 15 is 0 Å². The molecule has 0 atom stereocenters. The summed E-state index contributed by atoms with van der Waals surface area (Å²) in [7, 11) is 1.30. The van der Waals surface area contributed by atoms with Gasteiger partial charge < -0.3 is 15.0 Å². The molecule has 1 amide bonds. The van der Waals surface area contributed by atoms with Crippen molar-refractivity contribution in [1.29, 1.82) is 0 Å². The fraction of sp³-hybridized carbons (Fsp3) is 0.150. The number of hydrogen-bond acceptors (Lipinski definition) is 7. The van der Waals surface area contributed by atoms with Crippen LogP contribution >= 0.6 is 22.9 Å². The zero-order valence-electron chi connectivity index (χ0n) is 17.1. The van der Waals surface area contributed by atoms with Gasteiger partial charge in [-0.2, -0.15) is 0 Å². The molecule has 0 aliphatic carbocycles. The first kappa shape index (κ1) is 23.4. The first-order chi connectivity index (χ1) is 16.0. The van der Waals surface area contributed by atoms with Gasteiger partial charge in [-0.15, -0.1) is 24.5 Å². The summed E-state index contributed by atoms with van der Waals surface area (Å²) >= 11 is 6.81. The molecule has 34 heavy (non-hydrogen) atoms. The van der Waals surface area contributed by atoms with Crippen molar-refractivity contribution >= 4 is 44.9 Å². The van der Waals surface area contributed by atoms with Crippen LogP contribution < -0.4 is 21.3 Å². The summed E-state index contributed by atoms with van der Waals surface area (Å²) in [5.74, 6) is -1.11. The van der Waals surface area contributed by atoms with Gasteiger partial charge in [0.15, 0.2) is 5.13 Å². The van der Waals surface area contributed by atoms with Crippen molar-refractivity contribution in [3.63, 3.8) is 0 Å². The summed E-state index contributed by atoms with van der Waals surface area (Å²) < 4.78 is 42.5. The van der Waals surface area contributed by atoms with Crippen LogP contribution in [0, 0.1) is 0 Å². The molecule has 0 radical (unpaired) electrons. The van der Waals surface area contributed by atoms with Crippen LogP contribution in [-0.2, 0) is 18.3 Å². The number of aromatic nitrogens is 4. The maximum atomic E-state index is 12.6. The zero-order valence-corrected chi connectivity index (χ0v) is 18.6. The third kappa shape index (κ3) is 4.94. The molecule has 3 heterocycles. The number of rotatable bonds is 5. The number of carbonyl (C=O) groups is 1. The van der Waals surface area contributed by atoms with Crippen molar-refractivity contribution in [3.8, 4) is 17.0 Å². The SMILES string of the molecule is Cn1c(=O)[nH]c2ccnc(CC(=O)Nc3nc(-c4ccc(Cl)c(OC(F)(F)F)c4)cs3)c2c1=O. The number of benzene rings is 1. The Bertz CT molecular complexity index is 1530. The van der Waals surface area contributed by atoms with Gasteiger partial charge >= 0.3 is 12.1 Å². The number of H-pyrrole nitrogens is 1. The van der Waals surface area contributed by atoms with Crippen LogP contribution in [0.1, 0.15) is 5.69 Å². The highest BCUT2D eigenvalue weighted by molar-refractivity contribution is 7.14. The van der Waals surface area contributed by atoms with Gasteiger partial charge in [0.25, 0.3) is 5.56 Å². The maximum Gasteiger partial charge on any atom is 0.573 e. The van der Waals surface area contributed by atoms with E-state index < -0.39 is 29.3 Å². The average molecular weight is 512 g/mol. The van der Waals surface area contributed by atoms with E-state index in [0.717, 1.165) is 22.0 Å². The van der Waals surface area contributed by atoms with Crippen molar-refractivity contribution < 1.29 is 22.7 Å². The van der Waals surface area contributed by atoms with E-state index in [9.17, 15) is 27.6 Å². The molecule has 4 rings (SSSR count). The monoisotopic (exact) mass is 511 g/mol. The van der Waals surface area contributed by atoms with Crippen LogP contribution in [0.15, 0.2) is 45.4 Å². The number of halogens is 4. The third-order valence-corrected chi connectivity index (χ3v) is 5.70. The molecular weight excluding hydrogens is 499 g/mol. The lowest BCUT2D eigenvalue weighted by Gasteiger charge is -2.11. The van der Waals surface area contributed by atoms with Crippen molar-refractivity contribution in [2.45, 2.75) is 12.8 Å². The third-order valence-electron chi connectivity index (χ3n) is 4.63. The molecule has 4 aromatic rings. The van der Waals surface area contributed by atoms with Crippen molar-refractivity contribution in [3.05, 3.63) is 67.4 Å². The quantitative estimate of drug-likeness (QED) is 0.423. The number of pyridine rings is 1. The van der Waals surface area contributed by atoms with E-state index in [1.807, 2.05) is 0 Å². The largest absolute Gasteiger partial charge is 0.573 e. The number of ether oxygens (including phenoxy) is 1. The smallest absolute Gasteiger partial charge is 0.404 e. The zero-order chi connectivity index (χ0) is 24.6. The molecule has 0 aliphatic rings. The highest BCUT2D eigenvalue weighted by Gasteiger charge is 2.32. The number of hydrogen-bond donors (Lipinski definition) is 2. The number of nitrogens with zero attached hydrogens (tertiary/aromatic N) is 3. The lowest BCUT2D eigenvalue weighted by molar-refractivity contribution is -0.274. The summed E-state index contributed by atoms with van der Waals surface area (Å²) in [6, 6.07) is 5.25. The molecule has 9 nitrogen and oxygen atoms in total. The molecule has 0 bridgehead atoms. The fourth-order valence-electron chi connectivity index (χ4n) is 3.09. The molecule has 14 heteroatoms. The van der Waals surface area contributed by atoms with Crippen LogP contribution in [0.4, 0.5) is 18.3 Å². The molecule has 0 saturated carbocycles. The highest BCUT2D eigenvalue weighted by atomic mass is 35.5. The minimum absolute atomic E-state index is 0.109. The van der Waals surface area contributed by atoms with Crippen LogP contribution in [0.2, 0.25) is 5.02 Å². The second-order valence-corrected chi connectivity index (χ2v) is 8.20. The van der Waals surface area contributed by atoms with E-state index in [4.69, 9.17) is 11.6 Å². The molecule has 0 aliphatic heterocycles. The topological polar surface area (TPSA) is 119 Å². The average Bonchev–Trinajstić information content (AvgIpc) is 3.21. The maximum absolute atomic E-state index is 12.6. The number of anilines is 1. The Balaban J connectivity index is 1.54. The van der Waals surface area contributed by atoms with Gasteiger partial charge in [-0.3, -0.25) is 19.1 Å². The van der Waals surface area contributed by atoms with E-state index in [1.54, 1.807) is 0 Å². The Kier molecular flexibility index (Phi) is 6.15.